The van der Waals surface area contributed by atoms with Crippen LogP contribution in [-0.4, -0.2) is 10.9 Å². The van der Waals surface area contributed by atoms with Crippen molar-refractivity contribution in [3.05, 3.63) is 0 Å². The largest absolute Gasteiger partial charge is 0.251 e. The zero-order valence-corrected chi connectivity index (χ0v) is 7.56. The van der Waals surface area contributed by atoms with Gasteiger partial charge in [0.2, 0.25) is 0 Å². The summed E-state index contributed by atoms with van der Waals surface area (Å²) in [6.45, 7) is 10.0. The Bertz CT molecular complexity index is 91.8. The summed E-state index contributed by atoms with van der Waals surface area (Å²) in [6, 6.07) is 0. The van der Waals surface area contributed by atoms with Crippen LogP contribution in [0.3, 0.4) is 0 Å². The zero-order valence-electron chi connectivity index (χ0n) is 7.56. The predicted molar refractivity (Wildman–Crippen MR) is 41.9 cm³/mol. The summed E-state index contributed by atoms with van der Waals surface area (Å²) < 4.78 is 0. The highest BCUT2D eigenvalue weighted by Gasteiger charge is 2.36. The maximum Gasteiger partial charge on any atom is 0.103 e. The Labute approximate surface area is 63.1 Å². The first-order valence-electron chi connectivity index (χ1n) is 3.70. The molecule has 0 amide bonds. The van der Waals surface area contributed by atoms with Gasteiger partial charge in [0.25, 0.3) is 0 Å². The molecule has 2 nitrogen and oxygen atoms in total. The molecule has 1 N–H and O–H groups in total. The van der Waals surface area contributed by atoms with E-state index >= 15 is 0 Å². The second kappa shape index (κ2) is 2.89. The smallest absolute Gasteiger partial charge is 0.103 e. The van der Waals surface area contributed by atoms with Gasteiger partial charge in [0.05, 0.1) is 0 Å². The van der Waals surface area contributed by atoms with Crippen LogP contribution in [0.4, 0.5) is 0 Å². The third kappa shape index (κ3) is 1.70. The van der Waals surface area contributed by atoms with E-state index in [0.717, 1.165) is 6.42 Å². The van der Waals surface area contributed by atoms with Crippen LogP contribution in [0.15, 0.2) is 0 Å². The molecule has 0 heterocycles. The molecule has 0 rings (SSSR count). The van der Waals surface area contributed by atoms with Gasteiger partial charge in [0.1, 0.15) is 5.60 Å². The van der Waals surface area contributed by atoms with E-state index in [1.807, 2.05) is 13.8 Å². The monoisotopic (exact) mass is 146 g/mol. The van der Waals surface area contributed by atoms with Crippen molar-refractivity contribution in [3.63, 3.8) is 0 Å². The molecule has 0 saturated heterocycles. The van der Waals surface area contributed by atoms with E-state index in [4.69, 9.17) is 5.26 Å². The summed E-state index contributed by atoms with van der Waals surface area (Å²) in [6.07, 6.45) is 0.987. The van der Waals surface area contributed by atoms with E-state index in [2.05, 4.69) is 25.7 Å². The lowest BCUT2D eigenvalue weighted by atomic mass is 9.75. The summed E-state index contributed by atoms with van der Waals surface area (Å²) in [7, 11) is 0. The lowest BCUT2D eigenvalue weighted by Crippen LogP contribution is -2.40. The molecule has 0 saturated carbocycles. The number of hydrogen-bond donors (Lipinski definition) is 1. The minimum Gasteiger partial charge on any atom is -0.251 e. The maximum atomic E-state index is 8.56. The molecular formula is C8H18O2. The molecule has 0 aliphatic carbocycles. The minimum absolute atomic E-state index is 0.0156. The third-order valence-electron chi connectivity index (χ3n) is 2.74. The average molecular weight is 146 g/mol. The van der Waals surface area contributed by atoms with Crippen LogP contribution in [0.5, 0.6) is 0 Å². The molecule has 0 radical (unpaired) electrons. The lowest BCUT2D eigenvalue weighted by Gasteiger charge is -2.37. The molecule has 0 aliphatic rings. The first-order valence-corrected chi connectivity index (χ1v) is 3.70. The summed E-state index contributed by atoms with van der Waals surface area (Å²) in [5.41, 5.74) is -0.441. The third-order valence-corrected chi connectivity index (χ3v) is 2.74. The van der Waals surface area contributed by atoms with Gasteiger partial charge in [-0.3, -0.25) is 5.26 Å². The molecule has 0 fully saturated rings. The summed E-state index contributed by atoms with van der Waals surface area (Å²) in [4.78, 5) is 4.39. The van der Waals surface area contributed by atoms with Crippen LogP contribution in [-0.2, 0) is 4.89 Å². The molecule has 0 atom stereocenters. The highest BCUT2D eigenvalue weighted by Crippen LogP contribution is 2.35. The van der Waals surface area contributed by atoms with Crippen LogP contribution >= 0.6 is 0 Å². The molecule has 0 aromatic rings. The van der Waals surface area contributed by atoms with Gasteiger partial charge < -0.3 is 0 Å². The fraction of sp³-hybridized carbons (Fsp3) is 1.00. The van der Waals surface area contributed by atoms with Gasteiger partial charge in [-0.05, 0) is 25.7 Å². The van der Waals surface area contributed by atoms with Crippen LogP contribution in [0.25, 0.3) is 0 Å². The van der Waals surface area contributed by atoms with E-state index in [0.29, 0.717) is 0 Å². The van der Waals surface area contributed by atoms with Crippen molar-refractivity contribution in [1.29, 1.82) is 0 Å². The molecular weight excluding hydrogens is 128 g/mol. The summed E-state index contributed by atoms with van der Waals surface area (Å²) in [5, 5.41) is 8.56. The highest BCUT2D eigenvalue weighted by atomic mass is 17.1. The molecule has 0 aliphatic heterocycles. The molecule has 0 aromatic heterocycles. The quantitative estimate of drug-likeness (QED) is 0.490. The van der Waals surface area contributed by atoms with Crippen molar-refractivity contribution in [1.82, 2.24) is 0 Å². The Balaban J connectivity index is 4.28. The Morgan fingerprint density at radius 1 is 1.20 bits per heavy atom. The van der Waals surface area contributed by atoms with E-state index in [-0.39, 0.29) is 5.41 Å². The number of rotatable bonds is 3. The molecule has 0 spiro atoms. The van der Waals surface area contributed by atoms with Crippen LogP contribution in [0.2, 0.25) is 0 Å². The molecule has 0 unspecified atom stereocenters. The SMILES string of the molecule is CCC(C)(C)C(C)(C)OO. The lowest BCUT2D eigenvalue weighted by molar-refractivity contribution is -0.339. The first kappa shape index (κ1) is 9.92. The van der Waals surface area contributed by atoms with Crippen molar-refractivity contribution >= 4 is 0 Å². The van der Waals surface area contributed by atoms with Crippen molar-refractivity contribution in [2.24, 2.45) is 5.41 Å². The van der Waals surface area contributed by atoms with Gasteiger partial charge in [-0.15, -0.1) is 0 Å². The van der Waals surface area contributed by atoms with Crippen molar-refractivity contribution in [2.45, 2.75) is 46.6 Å². The molecule has 0 aromatic carbocycles. The maximum absolute atomic E-state index is 8.56. The Morgan fingerprint density at radius 2 is 1.60 bits per heavy atom. The predicted octanol–water partition coefficient (Wildman–Crippen LogP) is 2.69. The van der Waals surface area contributed by atoms with Gasteiger partial charge in [-0.1, -0.05) is 20.8 Å². The second-order valence-electron chi connectivity index (χ2n) is 3.84. The topological polar surface area (TPSA) is 29.5 Å². The average Bonchev–Trinajstić information content (AvgIpc) is 1.88. The van der Waals surface area contributed by atoms with E-state index < -0.39 is 5.60 Å². The molecule has 62 valence electrons. The molecule has 2 heteroatoms. The standard InChI is InChI=1S/C8H18O2/c1-6-7(2,3)8(4,5)10-9/h9H,6H2,1-5H3. The van der Waals surface area contributed by atoms with Crippen LogP contribution in [0, 0.1) is 5.41 Å². The Hall–Kier alpha value is -0.0800. The summed E-state index contributed by atoms with van der Waals surface area (Å²) >= 11 is 0. The van der Waals surface area contributed by atoms with Crippen LogP contribution < -0.4 is 0 Å². The summed E-state index contributed by atoms with van der Waals surface area (Å²) in [5.74, 6) is 0. The fourth-order valence-electron chi connectivity index (χ4n) is 0.549. The van der Waals surface area contributed by atoms with Crippen LogP contribution in [0.1, 0.15) is 41.0 Å². The van der Waals surface area contributed by atoms with Gasteiger partial charge in [-0.2, -0.15) is 0 Å². The normalized spacial score (nSPS) is 13.8. The van der Waals surface area contributed by atoms with Crippen molar-refractivity contribution in [2.75, 3.05) is 0 Å². The van der Waals surface area contributed by atoms with E-state index in [9.17, 15) is 0 Å². The highest BCUT2D eigenvalue weighted by molar-refractivity contribution is 4.85. The van der Waals surface area contributed by atoms with E-state index in [1.165, 1.54) is 0 Å². The van der Waals surface area contributed by atoms with Gasteiger partial charge in [0.15, 0.2) is 0 Å². The van der Waals surface area contributed by atoms with Gasteiger partial charge in [-0.25, -0.2) is 4.89 Å². The fourth-order valence-corrected chi connectivity index (χ4v) is 0.549. The van der Waals surface area contributed by atoms with Gasteiger partial charge >= 0.3 is 0 Å². The zero-order chi connectivity index (χ0) is 8.41. The molecule has 10 heavy (non-hydrogen) atoms. The Morgan fingerprint density at radius 3 is 1.70 bits per heavy atom. The molecule has 0 bridgehead atoms. The first-order chi connectivity index (χ1) is 4.37. The number of hydrogen-bond acceptors (Lipinski definition) is 2. The van der Waals surface area contributed by atoms with Crippen molar-refractivity contribution < 1.29 is 10.1 Å². The minimum atomic E-state index is -0.457. The van der Waals surface area contributed by atoms with E-state index in [1.54, 1.807) is 0 Å². The van der Waals surface area contributed by atoms with Crippen molar-refractivity contribution in [3.8, 4) is 0 Å². The Kier molecular flexibility index (Phi) is 2.86. The van der Waals surface area contributed by atoms with Gasteiger partial charge in [0, 0.05) is 0 Å². The second-order valence-corrected chi connectivity index (χ2v) is 3.84.